The van der Waals surface area contributed by atoms with Gasteiger partial charge in [-0.3, -0.25) is 20.9 Å². The molecule has 15 heavy (non-hydrogen) atoms. The molecule has 0 aliphatic rings. The van der Waals surface area contributed by atoms with E-state index in [1.807, 2.05) is 0 Å². The molecular weight excluding hydrogens is 192 g/mol. The highest BCUT2D eigenvalue weighted by atomic mass is 16.1. The SMILES string of the molecule is CC(=O)c1ccc(CNN)cc1C(C)=O. The molecule has 0 atom stereocenters. The van der Waals surface area contributed by atoms with E-state index in [-0.39, 0.29) is 11.6 Å². The molecule has 1 rings (SSSR count). The highest BCUT2D eigenvalue weighted by Crippen LogP contribution is 2.13. The Balaban J connectivity index is 3.21. The van der Waals surface area contributed by atoms with E-state index in [1.165, 1.54) is 13.8 Å². The Hall–Kier alpha value is -1.52. The zero-order chi connectivity index (χ0) is 11.4. The summed E-state index contributed by atoms with van der Waals surface area (Å²) < 4.78 is 0. The fourth-order valence-electron chi connectivity index (χ4n) is 1.42. The molecule has 0 fully saturated rings. The van der Waals surface area contributed by atoms with Crippen LogP contribution in [0.2, 0.25) is 0 Å². The molecular formula is C11H14N2O2. The van der Waals surface area contributed by atoms with Crippen LogP contribution in [-0.4, -0.2) is 11.6 Å². The van der Waals surface area contributed by atoms with Gasteiger partial charge in [0.15, 0.2) is 11.6 Å². The maximum Gasteiger partial charge on any atom is 0.160 e. The Kier molecular flexibility index (Phi) is 3.71. The van der Waals surface area contributed by atoms with Crippen LogP contribution in [0.1, 0.15) is 40.1 Å². The third-order valence-corrected chi connectivity index (χ3v) is 2.15. The van der Waals surface area contributed by atoms with Crippen LogP contribution in [0.5, 0.6) is 0 Å². The maximum atomic E-state index is 11.3. The Labute approximate surface area is 88.4 Å². The van der Waals surface area contributed by atoms with Gasteiger partial charge in [-0.2, -0.15) is 0 Å². The van der Waals surface area contributed by atoms with Crippen molar-refractivity contribution in [2.45, 2.75) is 20.4 Å². The molecule has 4 heteroatoms. The number of Topliss-reactive ketones (excluding diaryl/α,β-unsaturated/α-hetero) is 2. The first-order chi connectivity index (χ1) is 7.06. The lowest BCUT2D eigenvalue weighted by Crippen LogP contribution is -2.21. The van der Waals surface area contributed by atoms with E-state index < -0.39 is 0 Å². The van der Waals surface area contributed by atoms with Crippen molar-refractivity contribution < 1.29 is 9.59 Å². The number of carbonyl (C=O) groups excluding carboxylic acids is 2. The van der Waals surface area contributed by atoms with Crippen molar-refractivity contribution in [2.24, 2.45) is 5.84 Å². The van der Waals surface area contributed by atoms with E-state index in [2.05, 4.69) is 5.43 Å². The van der Waals surface area contributed by atoms with Crippen LogP contribution < -0.4 is 11.3 Å². The zero-order valence-electron chi connectivity index (χ0n) is 8.83. The molecule has 0 bridgehead atoms. The highest BCUT2D eigenvalue weighted by Gasteiger charge is 2.11. The first-order valence-corrected chi connectivity index (χ1v) is 4.64. The summed E-state index contributed by atoms with van der Waals surface area (Å²) in [7, 11) is 0. The number of nitrogens with one attached hydrogen (secondary N) is 1. The fourth-order valence-corrected chi connectivity index (χ4v) is 1.42. The highest BCUT2D eigenvalue weighted by molar-refractivity contribution is 6.07. The van der Waals surface area contributed by atoms with Gasteiger partial charge < -0.3 is 0 Å². The second-order valence-corrected chi connectivity index (χ2v) is 3.37. The molecule has 0 amide bonds. The molecule has 1 aromatic carbocycles. The van der Waals surface area contributed by atoms with Gasteiger partial charge in [-0.1, -0.05) is 12.1 Å². The van der Waals surface area contributed by atoms with Crippen molar-refractivity contribution in [2.75, 3.05) is 0 Å². The predicted octanol–water partition coefficient (Wildman–Crippen LogP) is 1.06. The van der Waals surface area contributed by atoms with E-state index in [9.17, 15) is 9.59 Å². The molecule has 0 saturated heterocycles. The summed E-state index contributed by atoms with van der Waals surface area (Å²) in [5.74, 6) is 4.97. The van der Waals surface area contributed by atoms with Gasteiger partial charge in [-0.15, -0.1) is 0 Å². The van der Waals surface area contributed by atoms with Gasteiger partial charge in [0.05, 0.1) is 0 Å². The van der Waals surface area contributed by atoms with Gasteiger partial charge in [0, 0.05) is 17.7 Å². The normalized spacial score (nSPS) is 10.1. The van der Waals surface area contributed by atoms with Crippen LogP contribution >= 0.6 is 0 Å². The Morgan fingerprint density at radius 2 is 1.80 bits per heavy atom. The lowest BCUT2D eigenvalue weighted by molar-refractivity contribution is 0.0980. The first-order valence-electron chi connectivity index (χ1n) is 4.64. The monoisotopic (exact) mass is 206 g/mol. The van der Waals surface area contributed by atoms with Crippen LogP contribution in [0.3, 0.4) is 0 Å². The van der Waals surface area contributed by atoms with Gasteiger partial charge in [0.1, 0.15) is 0 Å². The molecule has 0 aromatic heterocycles. The quantitative estimate of drug-likeness (QED) is 0.439. The Morgan fingerprint density at radius 3 is 2.27 bits per heavy atom. The molecule has 0 saturated carbocycles. The van der Waals surface area contributed by atoms with Gasteiger partial charge in [0.2, 0.25) is 0 Å². The fraction of sp³-hybridized carbons (Fsp3) is 0.273. The zero-order valence-corrected chi connectivity index (χ0v) is 8.83. The summed E-state index contributed by atoms with van der Waals surface area (Å²) in [6.07, 6.45) is 0. The van der Waals surface area contributed by atoms with Gasteiger partial charge in [-0.05, 0) is 25.5 Å². The average Bonchev–Trinajstić information content (AvgIpc) is 2.17. The number of benzene rings is 1. The molecule has 1 aromatic rings. The van der Waals surface area contributed by atoms with Crippen LogP contribution in [-0.2, 0) is 6.54 Å². The molecule has 80 valence electrons. The first kappa shape index (κ1) is 11.6. The van der Waals surface area contributed by atoms with Gasteiger partial charge in [0.25, 0.3) is 0 Å². The number of rotatable bonds is 4. The molecule has 0 radical (unpaired) electrons. The third-order valence-electron chi connectivity index (χ3n) is 2.15. The van der Waals surface area contributed by atoms with Crippen molar-refractivity contribution >= 4 is 11.6 Å². The maximum absolute atomic E-state index is 11.3. The molecule has 0 heterocycles. The summed E-state index contributed by atoms with van der Waals surface area (Å²) in [6, 6.07) is 5.13. The van der Waals surface area contributed by atoms with E-state index >= 15 is 0 Å². The van der Waals surface area contributed by atoms with Crippen LogP contribution in [0.15, 0.2) is 18.2 Å². The molecule has 0 spiro atoms. The topological polar surface area (TPSA) is 72.2 Å². The number of hydrogen-bond acceptors (Lipinski definition) is 4. The molecule has 3 N–H and O–H groups in total. The minimum Gasteiger partial charge on any atom is -0.294 e. The minimum absolute atomic E-state index is 0.104. The second kappa shape index (κ2) is 4.82. The van der Waals surface area contributed by atoms with Crippen LogP contribution in [0, 0.1) is 0 Å². The van der Waals surface area contributed by atoms with Gasteiger partial charge >= 0.3 is 0 Å². The molecule has 4 nitrogen and oxygen atoms in total. The summed E-state index contributed by atoms with van der Waals surface area (Å²) in [5.41, 5.74) is 4.30. The van der Waals surface area contributed by atoms with Crippen molar-refractivity contribution in [3.63, 3.8) is 0 Å². The summed E-state index contributed by atoms with van der Waals surface area (Å²) >= 11 is 0. The molecule has 0 aliphatic heterocycles. The van der Waals surface area contributed by atoms with Crippen molar-refractivity contribution in [3.05, 3.63) is 34.9 Å². The van der Waals surface area contributed by atoms with E-state index in [4.69, 9.17) is 5.84 Å². The van der Waals surface area contributed by atoms with Crippen molar-refractivity contribution in [1.29, 1.82) is 0 Å². The van der Waals surface area contributed by atoms with E-state index in [1.54, 1.807) is 18.2 Å². The predicted molar refractivity (Wildman–Crippen MR) is 57.5 cm³/mol. The summed E-state index contributed by atoms with van der Waals surface area (Å²) in [4.78, 5) is 22.6. The lowest BCUT2D eigenvalue weighted by Gasteiger charge is -2.06. The number of ketones is 2. The average molecular weight is 206 g/mol. The third kappa shape index (κ3) is 2.71. The number of hydrogen-bond donors (Lipinski definition) is 2. The summed E-state index contributed by atoms with van der Waals surface area (Å²) in [5, 5.41) is 0. The van der Waals surface area contributed by atoms with Gasteiger partial charge in [-0.25, -0.2) is 0 Å². The molecule has 0 aliphatic carbocycles. The smallest absolute Gasteiger partial charge is 0.160 e. The minimum atomic E-state index is -0.112. The Bertz CT molecular complexity index is 400. The largest absolute Gasteiger partial charge is 0.294 e. The van der Waals surface area contributed by atoms with E-state index in [0.717, 1.165) is 5.56 Å². The van der Waals surface area contributed by atoms with Crippen molar-refractivity contribution in [3.8, 4) is 0 Å². The van der Waals surface area contributed by atoms with Crippen molar-refractivity contribution in [1.82, 2.24) is 5.43 Å². The second-order valence-electron chi connectivity index (χ2n) is 3.37. The van der Waals surface area contributed by atoms with Crippen LogP contribution in [0.25, 0.3) is 0 Å². The van der Waals surface area contributed by atoms with E-state index in [0.29, 0.717) is 17.7 Å². The van der Waals surface area contributed by atoms with Crippen LogP contribution in [0.4, 0.5) is 0 Å². The number of carbonyl (C=O) groups is 2. The lowest BCUT2D eigenvalue weighted by atomic mass is 9.99. The number of nitrogens with two attached hydrogens (primary N) is 1. The summed E-state index contributed by atoms with van der Waals surface area (Å²) in [6.45, 7) is 3.36. The molecule has 0 unspecified atom stereocenters. The Morgan fingerprint density at radius 1 is 1.20 bits per heavy atom. The number of hydrazine groups is 1. The standard InChI is InChI=1S/C11H14N2O2/c1-7(14)10-4-3-9(6-13-12)5-11(10)8(2)15/h3-5,13H,6,12H2,1-2H3.